The number of methoxy groups -OCH3 is 1. The van der Waals surface area contributed by atoms with Crippen LogP contribution in [-0.2, 0) is 0 Å². The van der Waals surface area contributed by atoms with Gasteiger partial charge in [0.2, 0.25) is 0 Å². The highest BCUT2D eigenvalue weighted by Gasteiger charge is 2.30. The summed E-state index contributed by atoms with van der Waals surface area (Å²) in [6, 6.07) is 3.20. The number of ether oxygens (including phenoxy) is 1. The third-order valence-electron chi connectivity index (χ3n) is 1.89. The standard InChI is InChI=1S/C10H11F3OS/c1-6-4-8(14-3)5-7(2)9(6)15-10(11,12)13/h4-5H,1-3H3. The summed E-state index contributed by atoms with van der Waals surface area (Å²) < 4.78 is 41.6. The summed E-state index contributed by atoms with van der Waals surface area (Å²) in [5, 5.41) is 0. The highest BCUT2D eigenvalue weighted by molar-refractivity contribution is 8.00. The van der Waals surface area contributed by atoms with E-state index in [2.05, 4.69) is 0 Å². The predicted molar refractivity (Wildman–Crippen MR) is 54.4 cm³/mol. The molecule has 0 amide bonds. The quantitative estimate of drug-likeness (QED) is 0.720. The average molecular weight is 236 g/mol. The molecular weight excluding hydrogens is 225 g/mol. The highest BCUT2D eigenvalue weighted by atomic mass is 32.2. The van der Waals surface area contributed by atoms with Crippen LogP contribution in [0.2, 0.25) is 0 Å². The third-order valence-corrected chi connectivity index (χ3v) is 2.97. The maximum absolute atomic E-state index is 12.2. The first-order valence-electron chi connectivity index (χ1n) is 4.24. The first-order chi connectivity index (χ1) is 6.83. The van der Waals surface area contributed by atoms with Crippen molar-refractivity contribution in [2.24, 2.45) is 0 Å². The Balaban J connectivity index is 3.09. The second kappa shape index (κ2) is 4.35. The van der Waals surface area contributed by atoms with E-state index in [1.54, 1.807) is 26.0 Å². The zero-order valence-electron chi connectivity index (χ0n) is 8.61. The number of rotatable bonds is 2. The molecule has 0 atom stereocenters. The molecule has 0 aliphatic heterocycles. The van der Waals surface area contributed by atoms with E-state index in [4.69, 9.17) is 4.74 Å². The fourth-order valence-electron chi connectivity index (χ4n) is 1.31. The molecule has 0 radical (unpaired) electrons. The number of benzene rings is 1. The van der Waals surface area contributed by atoms with Gasteiger partial charge in [0.1, 0.15) is 5.75 Å². The summed E-state index contributed by atoms with van der Waals surface area (Å²) in [5.41, 5.74) is -3.09. The van der Waals surface area contributed by atoms with Crippen molar-refractivity contribution in [2.45, 2.75) is 24.3 Å². The van der Waals surface area contributed by atoms with Crippen LogP contribution in [0.4, 0.5) is 13.2 Å². The van der Waals surface area contributed by atoms with E-state index in [9.17, 15) is 13.2 Å². The van der Waals surface area contributed by atoms with Crippen molar-refractivity contribution in [2.75, 3.05) is 7.11 Å². The molecule has 0 heterocycles. The number of thioether (sulfide) groups is 1. The molecule has 0 aliphatic carbocycles. The molecule has 0 spiro atoms. The fraction of sp³-hybridized carbons (Fsp3) is 0.400. The Morgan fingerprint density at radius 3 is 1.93 bits per heavy atom. The zero-order valence-corrected chi connectivity index (χ0v) is 9.42. The maximum Gasteiger partial charge on any atom is 0.446 e. The number of hydrogen-bond acceptors (Lipinski definition) is 2. The van der Waals surface area contributed by atoms with E-state index in [1.807, 2.05) is 0 Å². The number of alkyl halides is 3. The monoisotopic (exact) mass is 236 g/mol. The molecule has 1 nitrogen and oxygen atoms in total. The fourth-order valence-corrected chi connectivity index (χ4v) is 1.98. The topological polar surface area (TPSA) is 9.23 Å². The Labute approximate surface area is 90.6 Å². The largest absolute Gasteiger partial charge is 0.497 e. The number of hydrogen-bond donors (Lipinski definition) is 0. The van der Waals surface area contributed by atoms with Gasteiger partial charge in [-0.3, -0.25) is 0 Å². The molecule has 5 heteroatoms. The molecule has 0 bridgehead atoms. The van der Waals surface area contributed by atoms with E-state index in [-0.39, 0.29) is 16.7 Å². The molecule has 0 saturated heterocycles. The van der Waals surface area contributed by atoms with Gasteiger partial charge in [-0.2, -0.15) is 13.2 Å². The maximum atomic E-state index is 12.2. The molecule has 0 saturated carbocycles. The van der Waals surface area contributed by atoms with Crippen LogP contribution in [0, 0.1) is 13.8 Å². The van der Waals surface area contributed by atoms with Gasteiger partial charge in [0, 0.05) is 4.90 Å². The molecule has 1 aromatic carbocycles. The lowest BCUT2D eigenvalue weighted by atomic mass is 10.1. The van der Waals surface area contributed by atoms with Gasteiger partial charge in [-0.05, 0) is 48.9 Å². The van der Waals surface area contributed by atoms with E-state index < -0.39 is 5.51 Å². The highest BCUT2D eigenvalue weighted by Crippen LogP contribution is 2.41. The smallest absolute Gasteiger partial charge is 0.446 e. The number of aryl methyl sites for hydroxylation is 2. The predicted octanol–water partition coefficient (Wildman–Crippen LogP) is 3.92. The van der Waals surface area contributed by atoms with Crippen LogP contribution in [0.3, 0.4) is 0 Å². The van der Waals surface area contributed by atoms with Gasteiger partial charge in [-0.15, -0.1) is 0 Å². The van der Waals surface area contributed by atoms with Crippen LogP contribution in [0.25, 0.3) is 0 Å². The van der Waals surface area contributed by atoms with Crippen LogP contribution in [0.5, 0.6) is 5.75 Å². The normalized spacial score (nSPS) is 11.6. The van der Waals surface area contributed by atoms with Gasteiger partial charge in [0.05, 0.1) is 7.11 Å². The van der Waals surface area contributed by atoms with Gasteiger partial charge < -0.3 is 4.74 Å². The van der Waals surface area contributed by atoms with Gasteiger partial charge in [-0.25, -0.2) is 0 Å². The van der Waals surface area contributed by atoms with Crippen molar-refractivity contribution in [1.82, 2.24) is 0 Å². The third kappa shape index (κ3) is 3.34. The van der Waals surface area contributed by atoms with Crippen LogP contribution < -0.4 is 4.74 Å². The van der Waals surface area contributed by atoms with Crippen molar-refractivity contribution in [3.63, 3.8) is 0 Å². The minimum Gasteiger partial charge on any atom is -0.497 e. The Kier molecular flexibility index (Phi) is 3.54. The Morgan fingerprint density at radius 2 is 1.60 bits per heavy atom. The Bertz CT molecular complexity index is 337. The minimum atomic E-state index is -4.25. The molecule has 0 N–H and O–H groups in total. The van der Waals surface area contributed by atoms with Crippen molar-refractivity contribution in [1.29, 1.82) is 0 Å². The molecule has 15 heavy (non-hydrogen) atoms. The van der Waals surface area contributed by atoms with Crippen LogP contribution in [-0.4, -0.2) is 12.6 Å². The second-order valence-corrected chi connectivity index (χ2v) is 4.21. The summed E-state index contributed by atoms with van der Waals surface area (Å²) in [5.74, 6) is 0.580. The molecule has 0 aliphatic rings. The molecular formula is C10H11F3OS. The van der Waals surface area contributed by atoms with Gasteiger partial charge >= 0.3 is 5.51 Å². The van der Waals surface area contributed by atoms with Crippen LogP contribution in [0.1, 0.15) is 11.1 Å². The molecule has 0 unspecified atom stereocenters. The lowest BCUT2D eigenvalue weighted by Crippen LogP contribution is -2.01. The van der Waals surface area contributed by atoms with E-state index in [0.29, 0.717) is 16.9 Å². The first-order valence-corrected chi connectivity index (χ1v) is 5.06. The van der Waals surface area contributed by atoms with Gasteiger partial charge in [-0.1, -0.05) is 0 Å². The van der Waals surface area contributed by atoms with Crippen LogP contribution in [0.15, 0.2) is 17.0 Å². The lowest BCUT2D eigenvalue weighted by molar-refractivity contribution is -0.0328. The second-order valence-electron chi connectivity index (χ2n) is 3.14. The molecule has 1 aromatic rings. The van der Waals surface area contributed by atoms with Crippen molar-refractivity contribution in [3.05, 3.63) is 23.3 Å². The zero-order chi connectivity index (χ0) is 11.6. The van der Waals surface area contributed by atoms with E-state index >= 15 is 0 Å². The Morgan fingerprint density at radius 1 is 1.13 bits per heavy atom. The van der Waals surface area contributed by atoms with Crippen molar-refractivity contribution >= 4 is 11.8 Å². The first kappa shape index (κ1) is 12.2. The molecule has 0 aromatic heterocycles. The van der Waals surface area contributed by atoms with Crippen LogP contribution >= 0.6 is 11.8 Å². The number of halogens is 3. The molecule has 1 rings (SSSR count). The summed E-state index contributed by atoms with van der Waals surface area (Å²) in [7, 11) is 1.49. The molecule has 84 valence electrons. The van der Waals surface area contributed by atoms with Gasteiger partial charge in [0.15, 0.2) is 0 Å². The van der Waals surface area contributed by atoms with E-state index in [0.717, 1.165) is 0 Å². The van der Waals surface area contributed by atoms with Crippen molar-refractivity contribution < 1.29 is 17.9 Å². The lowest BCUT2D eigenvalue weighted by Gasteiger charge is -2.13. The minimum absolute atomic E-state index is 0.0824. The van der Waals surface area contributed by atoms with Gasteiger partial charge in [0.25, 0.3) is 0 Å². The van der Waals surface area contributed by atoms with E-state index in [1.165, 1.54) is 7.11 Å². The summed E-state index contributed by atoms with van der Waals surface area (Å²) in [4.78, 5) is 0.253. The summed E-state index contributed by atoms with van der Waals surface area (Å²) in [6.45, 7) is 3.28. The summed E-state index contributed by atoms with van der Waals surface area (Å²) in [6.07, 6.45) is 0. The SMILES string of the molecule is COc1cc(C)c(SC(F)(F)F)c(C)c1. The summed E-state index contributed by atoms with van der Waals surface area (Å²) >= 11 is -0.0824. The average Bonchev–Trinajstić information content (AvgIpc) is 2.09. The van der Waals surface area contributed by atoms with Crippen molar-refractivity contribution in [3.8, 4) is 5.75 Å². The Hall–Kier alpha value is -0.840. The molecule has 0 fully saturated rings.